The smallest absolute Gasteiger partial charge is 0.154 e. The van der Waals surface area contributed by atoms with Crippen molar-refractivity contribution in [3.8, 4) is 0 Å². The van der Waals surface area contributed by atoms with E-state index in [2.05, 4.69) is 19.2 Å². The SMILES string of the molecule is CNC1CCC(C)(C)CC1S(=O)(=O)CC1CCCC1. The zero-order valence-electron chi connectivity index (χ0n) is 12.6. The van der Waals surface area contributed by atoms with E-state index in [1.54, 1.807) is 0 Å². The number of rotatable bonds is 4. The Morgan fingerprint density at radius 3 is 2.37 bits per heavy atom. The number of sulfone groups is 1. The Kier molecular flexibility index (Phi) is 4.61. The van der Waals surface area contributed by atoms with Crippen molar-refractivity contribution < 1.29 is 8.42 Å². The molecule has 0 spiro atoms. The third-order valence-corrected chi connectivity index (χ3v) is 7.46. The van der Waals surface area contributed by atoms with Crippen LogP contribution in [0.5, 0.6) is 0 Å². The second kappa shape index (κ2) is 5.72. The summed E-state index contributed by atoms with van der Waals surface area (Å²) >= 11 is 0. The summed E-state index contributed by atoms with van der Waals surface area (Å²) in [5, 5.41) is 3.06. The molecular formula is C15H29NO2S. The zero-order valence-corrected chi connectivity index (χ0v) is 13.4. The quantitative estimate of drug-likeness (QED) is 0.865. The maximum atomic E-state index is 12.8. The number of hydrogen-bond donors (Lipinski definition) is 1. The summed E-state index contributed by atoms with van der Waals surface area (Å²) in [6.45, 7) is 4.41. The molecule has 0 saturated heterocycles. The lowest BCUT2D eigenvalue weighted by Gasteiger charge is -2.40. The Hall–Kier alpha value is -0.0900. The van der Waals surface area contributed by atoms with Gasteiger partial charge in [0.15, 0.2) is 9.84 Å². The molecule has 0 amide bonds. The summed E-state index contributed by atoms with van der Waals surface area (Å²) in [5.41, 5.74) is 0.167. The number of hydrogen-bond acceptors (Lipinski definition) is 3. The van der Waals surface area contributed by atoms with E-state index in [1.165, 1.54) is 12.8 Å². The zero-order chi connectivity index (χ0) is 14.1. The molecule has 2 rings (SSSR count). The van der Waals surface area contributed by atoms with E-state index in [4.69, 9.17) is 0 Å². The molecule has 2 atom stereocenters. The van der Waals surface area contributed by atoms with Gasteiger partial charge in [-0.1, -0.05) is 26.7 Å². The normalized spacial score (nSPS) is 32.6. The average molecular weight is 287 g/mol. The van der Waals surface area contributed by atoms with Crippen LogP contribution >= 0.6 is 0 Å². The van der Waals surface area contributed by atoms with Crippen LogP contribution in [0.4, 0.5) is 0 Å². The van der Waals surface area contributed by atoms with E-state index in [1.807, 2.05) is 7.05 Å². The molecule has 2 fully saturated rings. The monoisotopic (exact) mass is 287 g/mol. The lowest BCUT2D eigenvalue weighted by Crippen LogP contribution is -2.49. The van der Waals surface area contributed by atoms with Crippen LogP contribution in [0.25, 0.3) is 0 Å². The van der Waals surface area contributed by atoms with Gasteiger partial charge in [0.25, 0.3) is 0 Å². The topological polar surface area (TPSA) is 46.2 Å². The first-order valence-corrected chi connectivity index (χ1v) is 9.44. The van der Waals surface area contributed by atoms with Crippen molar-refractivity contribution in [2.75, 3.05) is 12.8 Å². The van der Waals surface area contributed by atoms with Gasteiger partial charge in [-0.3, -0.25) is 0 Å². The van der Waals surface area contributed by atoms with Crippen LogP contribution in [0.1, 0.15) is 58.8 Å². The molecule has 19 heavy (non-hydrogen) atoms. The maximum Gasteiger partial charge on any atom is 0.154 e. The minimum Gasteiger partial charge on any atom is -0.316 e. The van der Waals surface area contributed by atoms with Gasteiger partial charge in [0, 0.05) is 6.04 Å². The van der Waals surface area contributed by atoms with Gasteiger partial charge in [0.05, 0.1) is 11.0 Å². The molecule has 2 aliphatic rings. The van der Waals surface area contributed by atoms with Crippen molar-refractivity contribution in [3.05, 3.63) is 0 Å². The Morgan fingerprint density at radius 2 is 1.79 bits per heavy atom. The fourth-order valence-electron chi connectivity index (χ4n) is 3.86. The molecule has 2 saturated carbocycles. The first-order chi connectivity index (χ1) is 8.84. The van der Waals surface area contributed by atoms with Crippen LogP contribution in [0.2, 0.25) is 0 Å². The van der Waals surface area contributed by atoms with Crippen molar-refractivity contribution in [2.45, 2.75) is 70.1 Å². The summed E-state index contributed by atoms with van der Waals surface area (Å²) in [4.78, 5) is 0. The van der Waals surface area contributed by atoms with Crippen LogP contribution in [-0.2, 0) is 9.84 Å². The van der Waals surface area contributed by atoms with Crippen LogP contribution < -0.4 is 5.32 Å². The van der Waals surface area contributed by atoms with Crippen molar-refractivity contribution >= 4 is 9.84 Å². The molecular weight excluding hydrogens is 258 g/mol. The van der Waals surface area contributed by atoms with Gasteiger partial charge in [-0.05, 0) is 50.5 Å². The summed E-state index contributed by atoms with van der Waals surface area (Å²) in [6, 6.07) is 0.152. The summed E-state index contributed by atoms with van der Waals surface area (Å²) in [7, 11) is -1.06. The minimum atomic E-state index is -2.96. The first kappa shape index (κ1) is 15.3. The van der Waals surface area contributed by atoms with E-state index in [9.17, 15) is 8.42 Å². The Morgan fingerprint density at radius 1 is 1.16 bits per heavy atom. The summed E-state index contributed by atoms with van der Waals surface area (Å²) in [6.07, 6.45) is 7.57. The molecule has 0 heterocycles. The van der Waals surface area contributed by atoms with Crippen molar-refractivity contribution in [3.63, 3.8) is 0 Å². The molecule has 3 nitrogen and oxygen atoms in total. The third-order valence-electron chi connectivity index (χ3n) is 5.11. The van der Waals surface area contributed by atoms with Gasteiger partial charge in [0.1, 0.15) is 0 Å². The fourth-order valence-corrected chi connectivity index (χ4v) is 6.57. The van der Waals surface area contributed by atoms with Gasteiger partial charge in [-0.15, -0.1) is 0 Å². The predicted octanol–water partition coefficient (Wildman–Crippen LogP) is 2.76. The predicted molar refractivity (Wildman–Crippen MR) is 80.0 cm³/mol. The van der Waals surface area contributed by atoms with Crippen LogP contribution in [0, 0.1) is 11.3 Å². The minimum absolute atomic E-state index is 0.152. The average Bonchev–Trinajstić information content (AvgIpc) is 2.80. The molecule has 0 bridgehead atoms. The molecule has 1 N–H and O–H groups in total. The molecule has 0 radical (unpaired) electrons. The molecule has 2 aliphatic carbocycles. The Bertz CT molecular complexity index is 396. The highest BCUT2D eigenvalue weighted by Gasteiger charge is 2.42. The second-order valence-corrected chi connectivity index (χ2v) is 9.59. The standard InChI is InChI=1S/C15H29NO2S/c1-15(2)9-8-13(16-3)14(10-15)19(17,18)11-12-6-4-5-7-12/h12-14,16H,4-11H2,1-3H3. The summed E-state index contributed by atoms with van der Waals surface area (Å²) in [5.74, 6) is 0.846. The van der Waals surface area contributed by atoms with Crippen molar-refractivity contribution in [2.24, 2.45) is 11.3 Å². The lowest BCUT2D eigenvalue weighted by atomic mass is 9.75. The largest absolute Gasteiger partial charge is 0.316 e. The lowest BCUT2D eigenvalue weighted by molar-refractivity contribution is 0.213. The third kappa shape index (κ3) is 3.72. The molecule has 0 aromatic heterocycles. The van der Waals surface area contributed by atoms with Gasteiger partial charge in [0.2, 0.25) is 0 Å². The van der Waals surface area contributed by atoms with E-state index >= 15 is 0 Å². The maximum absolute atomic E-state index is 12.8. The van der Waals surface area contributed by atoms with Gasteiger partial charge in [-0.2, -0.15) is 0 Å². The Labute approximate surface area is 118 Å². The van der Waals surface area contributed by atoms with Crippen molar-refractivity contribution in [1.29, 1.82) is 0 Å². The van der Waals surface area contributed by atoms with Crippen LogP contribution in [0.15, 0.2) is 0 Å². The molecule has 0 aliphatic heterocycles. The first-order valence-electron chi connectivity index (χ1n) is 7.73. The van der Waals surface area contributed by atoms with Gasteiger partial charge in [-0.25, -0.2) is 8.42 Å². The molecule has 4 heteroatoms. The van der Waals surface area contributed by atoms with E-state index in [-0.39, 0.29) is 16.7 Å². The number of nitrogens with one attached hydrogen (secondary N) is 1. The highest BCUT2D eigenvalue weighted by Crippen LogP contribution is 2.39. The molecule has 2 unspecified atom stereocenters. The highest BCUT2D eigenvalue weighted by molar-refractivity contribution is 7.92. The van der Waals surface area contributed by atoms with Gasteiger partial charge >= 0.3 is 0 Å². The highest BCUT2D eigenvalue weighted by atomic mass is 32.2. The van der Waals surface area contributed by atoms with Gasteiger partial charge < -0.3 is 5.32 Å². The Balaban J connectivity index is 2.10. The van der Waals surface area contributed by atoms with E-state index < -0.39 is 9.84 Å². The molecule has 0 aromatic carbocycles. The van der Waals surface area contributed by atoms with Crippen LogP contribution in [-0.4, -0.2) is 32.5 Å². The van der Waals surface area contributed by atoms with Crippen LogP contribution in [0.3, 0.4) is 0 Å². The summed E-state index contributed by atoms with van der Waals surface area (Å²) < 4.78 is 25.5. The van der Waals surface area contributed by atoms with E-state index in [0.29, 0.717) is 11.7 Å². The second-order valence-electron chi connectivity index (χ2n) is 7.32. The fraction of sp³-hybridized carbons (Fsp3) is 1.00. The molecule has 112 valence electrons. The van der Waals surface area contributed by atoms with Crippen molar-refractivity contribution in [1.82, 2.24) is 5.32 Å². The van der Waals surface area contributed by atoms with E-state index in [0.717, 1.165) is 32.1 Å². The molecule has 0 aromatic rings.